The summed E-state index contributed by atoms with van der Waals surface area (Å²) in [6.45, 7) is 0. The fraction of sp³-hybridized carbons (Fsp3) is 0. The molecule has 0 aromatic heterocycles. The van der Waals surface area contributed by atoms with E-state index in [0.717, 1.165) is 0 Å². The molecule has 0 amide bonds. The minimum absolute atomic E-state index is 0.00204. The third kappa shape index (κ3) is 2.14. The molecule has 1 nitrogen and oxygen atoms in total. The van der Waals surface area contributed by atoms with Crippen molar-refractivity contribution in [3.63, 3.8) is 0 Å². The molecule has 1 N–H and O–H groups in total. The molecular weight excluding hydrogens is 295 g/mol. The second-order valence-electron chi connectivity index (χ2n) is 1.55. The van der Waals surface area contributed by atoms with Gasteiger partial charge in [-0.25, -0.2) is 0 Å². The van der Waals surface area contributed by atoms with Gasteiger partial charge in [-0.2, -0.15) is 0 Å². The van der Waals surface area contributed by atoms with E-state index in [4.69, 9.17) is 5.11 Å². The van der Waals surface area contributed by atoms with Crippen LogP contribution in [0.5, 0.6) is 5.75 Å². The van der Waals surface area contributed by atoms with Crippen LogP contribution in [0.2, 0.25) is 0 Å². The summed E-state index contributed by atoms with van der Waals surface area (Å²) in [5.41, 5.74) is 0. The van der Waals surface area contributed by atoms with Gasteiger partial charge in [0, 0.05) is 3.57 Å². The summed E-state index contributed by atoms with van der Waals surface area (Å²) < 4.78 is 1.28. The van der Waals surface area contributed by atoms with Gasteiger partial charge in [0.05, 0.1) is 0 Å². The lowest BCUT2D eigenvalue weighted by atomic mass is 10.3. The van der Waals surface area contributed by atoms with E-state index in [-0.39, 0.29) is 19.0 Å². The fourth-order valence-corrected chi connectivity index (χ4v) is 2.46. The Bertz CT molecular complexity index is 185. The summed E-state index contributed by atoms with van der Waals surface area (Å²) in [5.74, 6) is 0.337. The van der Waals surface area contributed by atoms with Crippen molar-refractivity contribution in [3.8, 4) is 5.75 Å². The van der Waals surface area contributed by atoms with Crippen molar-refractivity contribution in [1.29, 1.82) is 0 Å². The largest absolute Gasteiger partial charge is 0.508 e. The van der Waals surface area contributed by atoms with Crippen LogP contribution in [0.25, 0.3) is 0 Å². The van der Waals surface area contributed by atoms with Gasteiger partial charge in [-0.15, -0.1) is 0 Å². The molecule has 0 aliphatic carbocycles. The summed E-state index contributed by atoms with van der Waals surface area (Å²) >= 11 is 3.41. The number of phenolic OH excluding ortho intramolecular Hbond substituents is 1. The van der Waals surface area contributed by atoms with Gasteiger partial charge >= 0.3 is 0 Å². The van der Waals surface area contributed by atoms with Crippen LogP contribution in [-0.2, 0) is 0 Å². The molecule has 0 bridgehead atoms. The molecule has 3 heteroatoms. The SMILES string of the molecule is Oc1ccc([I]Br)cc1. The standard InChI is InChI=1S/C6H5BrIO/c7-8-5-1-3-6(9)4-2-5/h1-4,9H. The zero-order valence-corrected chi connectivity index (χ0v) is 8.26. The number of rotatable bonds is 1. The van der Waals surface area contributed by atoms with Gasteiger partial charge in [0.15, 0.2) is 0 Å². The van der Waals surface area contributed by atoms with Gasteiger partial charge in [0.2, 0.25) is 0 Å². The molecule has 1 aromatic carbocycles. The Balaban J connectivity index is 2.88. The lowest BCUT2D eigenvalue weighted by Gasteiger charge is -1.91. The summed E-state index contributed by atoms with van der Waals surface area (Å²) in [5, 5.41) is 8.85. The van der Waals surface area contributed by atoms with Crippen LogP contribution >= 0.6 is 31.7 Å². The molecule has 0 saturated heterocycles. The molecular formula is C6H5BrIO. The third-order valence-electron chi connectivity index (χ3n) is 0.909. The van der Waals surface area contributed by atoms with Gasteiger partial charge in [-0.1, -0.05) is 0 Å². The molecule has 0 fully saturated rings. The highest BCUT2D eigenvalue weighted by molar-refractivity contribution is 14.3. The van der Waals surface area contributed by atoms with Crippen molar-refractivity contribution in [3.05, 3.63) is 27.8 Å². The molecule has 0 aliphatic rings. The zero-order chi connectivity index (χ0) is 6.69. The number of benzene rings is 1. The van der Waals surface area contributed by atoms with Crippen molar-refractivity contribution in [1.82, 2.24) is 0 Å². The molecule has 0 atom stereocenters. The number of aromatic hydroxyl groups is 1. The Morgan fingerprint density at radius 3 is 2.22 bits per heavy atom. The second-order valence-corrected chi connectivity index (χ2v) is 5.21. The smallest absolute Gasteiger partial charge is 0.115 e. The maximum absolute atomic E-state index is 8.85. The zero-order valence-electron chi connectivity index (χ0n) is 4.51. The summed E-state index contributed by atoms with van der Waals surface area (Å²) in [6.07, 6.45) is 0. The highest BCUT2D eigenvalue weighted by atomic mass is 127. The van der Waals surface area contributed by atoms with Crippen LogP contribution in [0.3, 0.4) is 0 Å². The molecule has 0 saturated carbocycles. The normalized spacial score (nSPS) is 9.44. The van der Waals surface area contributed by atoms with Gasteiger partial charge < -0.3 is 5.11 Å². The number of halogens is 2. The van der Waals surface area contributed by atoms with Crippen LogP contribution in [0.4, 0.5) is 0 Å². The van der Waals surface area contributed by atoms with Crippen molar-refractivity contribution in [2.75, 3.05) is 0 Å². The molecule has 0 unspecified atom stereocenters. The maximum atomic E-state index is 8.85. The van der Waals surface area contributed by atoms with E-state index >= 15 is 0 Å². The highest BCUT2D eigenvalue weighted by Crippen LogP contribution is 2.29. The Hall–Kier alpha value is 0.230. The van der Waals surface area contributed by atoms with Crippen molar-refractivity contribution in [2.45, 2.75) is 0 Å². The van der Waals surface area contributed by atoms with Crippen LogP contribution in [-0.4, -0.2) is 5.11 Å². The van der Waals surface area contributed by atoms with Crippen molar-refractivity contribution in [2.24, 2.45) is 0 Å². The maximum Gasteiger partial charge on any atom is 0.115 e. The molecule has 9 heavy (non-hydrogen) atoms. The van der Waals surface area contributed by atoms with E-state index in [9.17, 15) is 0 Å². The highest BCUT2D eigenvalue weighted by Gasteiger charge is 1.88. The van der Waals surface area contributed by atoms with Crippen molar-refractivity contribution < 1.29 is 5.11 Å². The predicted octanol–water partition coefficient (Wildman–Crippen LogP) is 2.84. The van der Waals surface area contributed by atoms with Crippen LogP contribution in [0, 0.1) is 3.57 Å². The average molecular weight is 300 g/mol. The monoisotopic (exact) mass is 299 g/mol. The minimum Gasteiger partial charge on any atom is -0.508 e. The second kappa shape index (κ2) is 3.41. The molecule has 1 rings (SSSR count). The van der Waals surface area contributed by atoms with Gasteiger partial charge in [-0.3, -0.25) is 0 Å². The molecule has 0 heterocycles. The summed E-state index contributed by atoms with van der Waals surface area (Å²) in [4.78, 5) is 0. The topological polar surface area (TPSA) is 20.2 Å². The van der Waals surface area contributed by atoms with E-state index in [0.29, 0.717) is 5.75 Å². The fourth-order valence-electron chi connectivity index (χ4n) is 0.489. The lowest BCUT2D eigenvalue weighted by molar-refractivity contribution is 0.475. The van der Waals surface area contributed by atoms with Crippen LogP contribution in [0.15, 0.2) is 24.3 Å². The van der Waals surface area contributed by atoms with Crippen LogP contribution in [0.1, 0.15) is 0 Å². The number of hydrogen-bond donors (Lipinski definition) is 1. The Labute approximate surface area is 70.1 Å². The number of phenols is 1. The first-order valence-corrected chi connectivity index (χ1v) is 8.29. The first-order chi connectivity index (χ1) is 4.33. The average Bonchev–Trinajstić information content (AvgIpc) is 1.90. The molecule has 0 spiro atoms. The molecule has 0 aliphatic heterocycles. The Morgan fingerprint density at radius 2 is 1.78 bits per heavy atom. The molecule has 1 radical (unpaired) electrons. The van der Waals surface area contributed by atoms with E-state index in [1.807, 2.05) is 12.1 Å². The predicted molar refractivity (Wildman–Crippen MR) is 49.8 cm³/mol. The number of hydrogen-bond acceptors (Lipinski definition) is 1. The van der Waals surface area contributed by atoms with Crippen molar-refractivity contribution >= 4 is 31.7 Å². The quantitative estimate of drug-likeness (QED) is 0.791. The minimum atomic E-state index is -0.00204. The van der Waals surface area contributed by atoms with E-state index in [2.05, 4.69) is 12.7 Å². The van der Waals surface area contributed by atoms with Gasteiger partial charge in [0.1, 0.15) is 5.75 Å². The van der Waals surface area contributed by atoms with Gasteiger partial charge in [0.25, 0.3) is 0 Å². The first-order valence-electron chi connectivity index (χ1n) is 2.38. The Morgan fingerprint density at radius 1 is 1.22 bits per heavy atom. The van der Waals surface area contributed by atoms with Gasteiger partial charge in [-0.05, 0) is 55.9 Å². The third-order valence-corrected chi connectivity index (χ3v) is 4.42. The van der Waals surface area contributed by atoms with Crippen LogP contribution < -0.4 is 0 Å². The summed E-state index contributed by atoms with van der Waals surface area (Å²) in [7, 11) is 0. The first kappa shape index (κ1) is 7.34. The van der Waals surface area contributed by atoms with E-state index in [1.165, 1.54) is 3.57 Å². The Kier molecular flexibility index (Phi) is 2.78. The molecule has 1 aromatic rings. The van der Waals surface area contributed by atoms with E-state index in [1.54, 1.807) is 12.1 Å². The van der Waals surface area contributed by atoms with E-state index < -0.39 is 0 Å². The lowest BCUT2D eigenvalue weighted by Crippen LogP contribution is -1.67. The summed E-state index contributed by atoms with van der Waals surface area (Å²) in [6, 6.07) is 7.27. The molecule has 49 valence electrons.